The first-order valence-electron chi connectivity index (χ1n) is 6.43. The van der Waals surface area contributed by atoms with Crippen LogP contribution in [-0.2, 0) is 6.54 Å². The first-order valence-corrected chi connectivity index (χ1v) is 8.04. The Labute approximate surface area is 127 Å². The summed E-state index contributed by atoms with van der Waals surface area (Å²) in [6.07, 6.45) is 0. The third kappa shape index (κ3) is 4.10. The largest absolute Gasteiger partial charge is 0.313 e. The molecule has 0 unspecified atom stereocenters. The molecule has 0 aliphatic carbocycles. The molecule has 0 aromatic heterocycles. The van der Waals surface area contributed by atoms with Gasteiger partial charge >= 0.3 is 0 Å². The fourth-order valence-corrected chi connectivity index (χ4v) is 3.40. The van der Waals surface area contributed by atoms with Crippen molar-refractivity contribution >= 4 is 27.7 Å². The summed E-state index contributed by atoms with van der Waals surface area (Å²) in [4.78, 5) is 2.63. The van der Waals surface area contributed by atoms with Crippen molar-refractivity contribution in [2.75, 3.05) is 6.54 Å². The highest BCUT2D eigenvalue weighted by molar-refractivity contribution is 9.10. The molecule has 2 aromatic carbocycles. The van der Waals surface area contributed by atoms with Crippen molar-refractivity contribution in [3.63, 3.8) is 0 Å². The molecule has 0 fully saturated rings. The van der Waals surface area contributed by atoms with E-state index in [4.69, 9.17) is 0 Å². The number of benzene rings is 2. The van der Waals surface area contributed by atoms with E-state index in [1.54, 1.807) is 0 Å². The first-order chi connectivity index (χ1) is 9.20. The molecule has 0 saturated heterocycles. The van der Waals surface area contributed by atoms with Crippen LogP contribution in [0.2, 0.25) is 0 Å². The van der Waals surface area contributed by atoms with Gasteiger partial charge in [0.15, 0.2) is 0 Å². The zero-order valence-corrected chi connectivity index (χ0v) is 13.6. The predicted octanol–water partition coefficient (Wildman–Crippen LogP) is 5.02. The van der Waals surface area contributed by atoms with Crippen molar-refractivity contribution in [2.24, 2.45) is 0 Å². The lowest BCUT2D eigenvalue weighted by Gasteiger charge is -2.11. The minimum Gasteiger partial charge on any atom is -0.313 e. The maximum atomic E-state index is 3.56. The number of nitrogens with one attached hydrogen (secondary N) is 1. The van der Waals surface area contributed by atoms with E-state index in [0.717, 1.165) is 17.6 Å². The summed E-state index contributed by atoms with van der Waals surface area (Å²) in [6.45, 7) is 6.19. The minimum absolute atomic E-state index is 0.915. The van der Waals surface area contributed by atoms with Gasteiger partial charge in [0.25, 0.3) is 0 Å². The van der Waals surface area contributed by atoms with Crippen molar-refractivity contribution in [2.45, 2.75) is 30.2 Å². The molecule has 100 valence electrons. The fraction of sp³-hybridized carbons (Fsp3) is 0.250. The van der Waals surface area contributed by atoms with Crippen LogP contribution in [0.15, 0.2) is 56.7 Å². The van der Waals surface area contributed by atoms with Crippen molar-refractivity contribution in [3.05, 3.63) is 58.1 Å². The predicted molar refractivity (Wildman–Crippen MR) is 86.8 cm³/mol. The zero-order valence-electron chi connectivity index (χ0n) is 11.2. The monoisotopic (exact) mass is 335 g/mol. The van der Waals surface area contributed by atoms with E-state index in [0.29, 0.717) is 0 Å². The van der Waals surface area contributed by atoms with E-state index in [1.807, 2.05) is 11.8 Å². The summed E-state index contributed by atoms with van der Waals surface area (Å²) in [5.74, 6) is 0. The lowest BCUT2D eigenvalue weighted by atomic mass is 10.2. The van der Waals surface area contributed by atoms with Crippen LogP contribution in [0.4, 0.5) is 0 Å². The number of aryl methyl sites for hydroxylation is 1. The lowest BCUT2D eigenvalue weighted by molar-refractivity contribution is 0.718. The molecule has 0 amide bonds. The average Bonchev–Trinajstić information content (AvgIpc) is 2.40. The lowest BCUT2D eigenvalue weighted by Crippen LogP contribution is -2.12. The van der Waals surface area contributed by atoms with E-state index in [-0.39, 0.29) is 0 Å². The molecule has 19 heavy (non-hydrogen) atoms. The van der Waals surface area contributed by atoms with Gasteiger partial charge in [-0.3, -0.25) is 0 Å². The molecule has 0 spiro atoms. The summed E-state index contributed by atoms with van der Waals surface area (Å²) < 4.78 is 1.13. The Morgan fingerprint density at radius 2 is 1.89 bits per heavy atom. The molecule has 2 aromatic rings. The van der Waals surface area contributed by atoms with E-state index in [9.17, 15) is 0 Å². The second-order valence-electron chi connectivity index (χ2n) is 4.40. The van der Waals surface area contributed by atoms with Crippen LogP contribution in [0.5, 0.6) is 0 Å². The van der Waals surface area contributed by atoms with Crippen molar-refractivity contribution < 1.29 is 0 Å². The average molecular weight is 336 g/mol. The van der Waals surface area contributed by atoms with Gasteiger partial charge in [0.1, 0.15) is 0 Å². The third-order valence-electron chi connectivity index (χ3n) is 2.91. The van der Waals surface area contributed by atoms with Crippen LogP contribution < -0.4 is 5.32 Å². The second kappa shape index (κ2) is 7.13. The Balaban J connectivity index is 2.27. The van der Waals surface area contributed by atoms with E-state index >= 15 is 0 Å². The second-order valence-corrected chi connectivity index (χ2v) is 6.40. The van der Waals surface area contributed by atoms with Crippen molar-refractivity contribution in [3.8, 4) is 0 Å². The Hall–Kier alpha value is -0.770. The van der Waals surface area contributed by atoms with Gasteiger partial charge in [0.05, 0.1) is 0 Å². The third-order valence-corrected chi connectivity index (χ3v) is 4.68. The van der Waals surface area contributed by atoms with Gasteiger partial charge in [-0.1, -0.05) is 58.9 Å². The topological polar surface area (TPSA) is 12.0 Å². The summed E-state index contributed by atoms with van der Waals surface area (Å²) in [7, 11) is 0. The standard InChI is InChI=1S/C16H18BrNS/c1-3-18-11-13-8-9-14(17)10-16(13)19-15-7-5-4-6-12(15)2/h4-10,18H,3,11H2,1-2H3. The van der Waals surface area contributed by atoms with Crippen LogP contribution in [0.3, 0.4) is 0 Å². The molecule has 0 aliphatic rings. The smallest absolute Gasteiger partial charge is 0.0216 e. The SMILES string of the molecule is CCNCc1ccc(Br)cc1Sc1ccccc1C. The molecule has 0 aliphatic heterocycles. The van der Waals surface area contributed by atoms with Crippen LogP contribution in [0.25, 0.3) is 0 Å². The number of halogens is 1. The molecule has 2 rings (SSSR count). The fourth-order valence-electron chi connectivity index (χ4n) is 1.82. The highest BCUT2D eigenvalue weighted by atomic mass is 79.9. The van der Waals surface area contributed by atoms with Gasteiger partial charge in [-0.25, -0.2) is 0 Å². The molecule has 0 atom stereocenters. The van der Waals surface area contributed by atoms with E-state index in [2.05, 4.69) is 77.6 Å². The minimum atomic E-state index is 0.915. The van der Waals surface area contributed by atoms with Gasteiger partial charge < -0.3 is 5.32 Å². The van der Waals surface area contributed by atoms with Crippen LogP contribution >= 0.6 is 27.7 Å². The summed E-state index contributed by atoms with van der Waals surface area (Å²) in [5, 5.41) is 3.40. The Morgan fingerprint density at radius 1 is 1.11 bits per heavy atom. The maximum absolute atomic E-state index is 3.56. The van der Waals surface area contributed by atoms with Crippen molar-refractivity contribution in [1.82, 2.24) is 5.32 Å². The normalized spacial score (nSPS) is 10.7. The quantitative estimate of drug-likeness (QED) is 0.823. The Kier molecular flexibility index (Phi) is 5.49. The Morgan fingerprint density at radius 3 is 2.63 bits per heavy atom. The van der Waals surface area contributed by atoms with E-state index in [1.165, 1.54) is 20.9 Å². The van der Waals surface area contributed by atoms with Gasteiger partial charge in [-0.05, 0) is 42.8 Å². The summed E-state index contributed by atoms with van der Waals surface area (Å²) >= 11 is 5.40. The van der Waals surface area contributed by atoms with Gasteiger partial charge in [0, 0.05) is 20.8 Å². The molecule has 3 heteroatoms. The van der Waals surface area contributed by atoms with Gasteiger partial charge in [-0.15, -0.1) is 0 Å². The van der Waals surface area contributed by atoms with Gasteiger partial charge in [0.2, 0.25) is 0 Å². The number of hydrogen-bond donors (Lipinski definition) is 1. The summed E-state index contributed by atoms with van der Waals surface area (Å²) in [6, 6.07) is 15.0. The first kappa shape index (κ1) is 14.6. The molecular weight excluding hydrogens is 318 g/mol. The Bertz CT molecular complexity index is 554. The molecule has 1 N–H and O–H groups in total. The zero-order chi connectivity index (χ0) is 13.7. The van der Waals surface area contributed by atoms with Crippen molar-refractivity contribution in [1.29, 1.82) is 0 Å². The molecular formula is C16H18BrNS. The van der Waals surface area contributed by atoms with Gasteiger partial charge in [-0.2, -0.15) is 0 Å². The van der Waals surface area contributed by atoms with Crippen LogP contribution in [0, 0.1) is 6.92 Å². The van der Waals surface area contributed by atoms with Crippen LogP contribution in [-0.4, -0.2) is 6.54 Å². The summed E-state index contributed by atoms with van der Waals surface area (Å²) in [5.41, 5.74) is 2.67. The highest BCUT2D eigenvalue weighted by Crippen LogP contribution is 2.34. The van der Waals surface area contributed by atoms with Crippen LogP contribution in [0.1, 0.15) is 18.1 Å². The number of rotatable bonds is 5. The highest BCUT2D eigenvalue weighted by Gasteiger charge is 2.06. The number of hydrogen-bond acceptors (Lipinski definition) is 2. The molecule has 0 bridgehead atoms. The molecule has 0 heterocycles. The van der Waals surface area contributed by atoms with E-state index < -0.39 is 0 Å². The maximum Gasteiger partial charge on any atom is 0.0216 e. The molecule has 1 nitrogen and oxygen atoms in total. The molecule has 0 radical (unpaired) electrons. The molecule has 0 saturated carbocycles.